The predicted octanol–water partition coefficient (Wildman–Crippen LogP) is 4.91. The Bertz CT molecular complexity index is 1370. The van der Waals surface area contributed by atoms with Crippen LogP contribution >= 0.6 is 0 Å². The Kier molecular flexibility index (Phi) is 9.57. The average Bonchev–Trinajstić information content (AvgIpc) is 3.28. The number of aryl methyl sites for hydroxylation is 2. The first-order chi connectivity index (χ1) is 18.8. The predicted molar refractivity (Wildman–Crippen MR) is 146 cm³/mol. The number of benzene rings is 3. The number of carbonyl (C=O) groups is 1. The van der Waals surface area contributed by atoms with Crippen molar-refractivity contribution < 1.29 is 23.1 Å². The third-order valence-corrected chi connectivity index (χ3v) is 6.51. The average molecular weight is 534 g/mol. The fourth-order valence-electron chi connectivity index (χ4n) is 4.44. The van der Waals surface area contributed by atoms with Crippen LogP contribution < -0.4 is 10.6 Å². The van der Waals surface area contributed by atoms with Crippen molar-refractivity contribution in [1.82, 2.24) is 15.6 Å². The first-order valence-corrected chi connectivity index (χ1v) is 13.0. The minimum atomic E-state index is -1.02. The van der Waals surface area contributed by atoms with Crippen molar-refractivity contribution in [2.24, 2.45) is 0 Å². The zero-order valence-corrected chi connectivity index (χ0v) is 22.1. The second kappa shape index (κ2) is 13.3. The van der Waals surface area contributed by atoms with Crippen molar-refractivity contribution in [3.05, 3.63) is 113 Å². The normalized spacial score (nSPS) is 12.7. The minimum absolute atomic E-state index is 0.0433. The van der Waals surface area contributed by atoms with E-state index in [-0.39, 0.29) is 25.3 Å². The molecular formula is C31H33F2N3O3. The Balaban J connectivity index is 1.44. The molecule has 0 bridgehead atoms. The Labute approximate surface area is 227 Å². The summed E-state index contributed by atoms with van der Waals surface area (Å²) in [5, 5.41) is 17.1. The van der Waals surface area contributed by atoms with Crippen LogP contribution in [-0.4, -0.2) is 34.7 Å². The van der Waals surface area contributed by atoms with Crippen LogP contribution in [0.1, 0.15) is 35.1 Å². The van der Waals surface area contributed by atoms with E-state index in [9.17, 15) is 18.7 Å². The van der Waals surface area contributed by atoms with Crippen molar-refractivity contribution in [2.45, 2.75) is 51.8 Å². The number of nitrogens with one attached hydrogen (secondary N) is 2. The highest BCUT2D eigenvalue weighted by molar-refractivity contribution is 5.79. The van der Waals surface area contributed by atoms with Crippen molar-refractivity contribution in [3.8, 4) is 11.5 Å². The van der Waals surface area contributed by atoms with E-state index in [2.05, 4.69) is 34.7 Å². The molecule has 0 aliphatic carbocycles. The molecule has 3 N–H and O–H groups in total. The summed E-state index contributed by atoms with van der Waals surface area (Å²) in [7, 11) is 0. The number of aliphatic hydroxyl groups is 1. The zero-order chi connectivity index (χ0) is 27.8. The van der Waals surface area contributed by atoms with E-state index in [1.165, 1.54) is 17.7 Å². The minimum Gasteiger partial charge on any atom is -0.441 e. The molecule has 2 atom stereocenters. The van der Waals surface area contributed by atoms with Crippen LogP contribution in [0.2, 0.25) is 0 Å². The largest absolute Gasteiger partial charge is 0.441 e. The Hall–Kier alpha value is -3.88. The number of oxazole rings is 1. The molecule has 4 rings (SSSR count). The molecule has 0 spiro atoms. The van der Waals surface area contributed by atoms with Crippen LogP contribution in [0.4, 0.5) is 8.78 Å². The van der Waals surface area contributed by atoms with E-state index in [0.29, 0.717) is 29.5 Å². The maximum Gasteiger partial charge on any atom is 0.226 e. The summed E-state index contributed by atoms with van der Waals surface area (Å²) in [6, 6.07) is 19.9. The lowest BCUT2D eigenvalue weighted by Crippen LogP contribution is -2.49. The number of hydrogen-bond donors (Lipinski definition) is 3. The van der Waals surface area contributed by atoms with Gasteiger partial charge in [-0.25, -0.2) is 13.8 Å². The zero-order valence-electron chi connectivity index (χ0n) is 22.1. The van der Waals surface area contributed by atoms with Crippen molar-refractivity contribution in [2.75, 3.05) is 6.54 Å². The Morgan fingerprint density at radius 2 is 1.69 bits per heavy atom. The third-order valence-electron chi connectivity index (χ3n) is 6.51. The molecular weight excluding hydrogens is 500 g/mol. The molecule has 4 aromatic rings. The molecule has 39 heavy (non-hydrogen) atoms. The van der Waals surface area contributed by atoms with Crippen molar-refractivity contribution >= 4 is 5.91 Å². The van der Waals surface area contributed by atoms with Gasteiger partial charge in [-0.05, 0) is 60.7 Å². The van der Waals surface area contributed by atoms with E-state index in [1.54, 1.807) is 6.92 Å². The molecule has 204 valence electrons. The van der Waals surface area contributed by atoms with E-state index < -0.39 is 23.8 Å². The van der Waals surface area contributed by atoms with Gasteiger partial charge in [0.15, 0.2) is 0 Å². The standard InChI is InChI=1S/C31H33F2N3O3/c1-3-21-8-7-9-22(12-21)18-34-19-29(37)28(15-23-13-25(32)16-26(33)14-23)35-30(38)17-27-20(2)39-31(36-27)24-10-5-4-6-11-24/h4-14,16,28-29,34,37H,3,15,17-19H2,1-2H3,(H,35,38)/t28-,29+/m0/s1. The van der Waals surface area contributed by atoms with Crippen LogP contribution in [0, 0.1) is 18.6 Å². The highest BCUT2D eigenvalue weighted by atomic mass is 19.1. The fraction of sp³-hybridized carbons (Fsp3) is 0.290. The van der Waals surface area contributed by atoms with Gasteiger partial charge in [-0.1, -0.05) is 49.4 Å². The van der Waals surface area contributed by atoms with Gasteiger partial charge < -0.3 is 20.2 Å². The number of carbonyl (C=O) groups excluding carboxylic acids is 1. The molecule has 0 fully saturated rings. The van der Waals surface area contributed by atoms with Gasteiger partial charge in [-0.2, -0.15) is 0 Å². The van der Waals surface area contributed by atoms with E-state index in [0.717, 1.165) is 23.6 Å². The molecule has 0 aliphatic heterocycles. The Morgan fingerprint density at radius 3 is 2.41 bits per heavy atom. The topological polar surface area (TPSA) is 87.4 Å². The first-order valence-electron chi connectivity index (χ1n) is 13.0. The molecule has 0 aliphatic rings. The van der Waals surface area contributed by atoms with Crippen LogP contribution in [0.5, 0.6) is 0 Å². The number of halogens is 2. The van der Waals surface area contributed by atoms with Gasteiger partial charge in [-0.3, -0.25) is 4.79 Å². The number of nitrogens with zero attached hydrogens (tertiary/aromatic N) is 1. The molecule has 6 nitrogen and oxygen atoms in total. The van der Waals surface area contributed by atoms with Crippen LogP contribution in [0.25, 0.3) is 11.5 Å². The molecule has 3 aromatic carbocycles. The lowest BCUT2D eigenvalue weighted by molar-refractivity contribution is -0.122. The summed E-state index contributed by atoms with van der Waals surface area (Å²) < 4.78 is 33.4. The van der Waals surface area contributed by atoms with Gasteiger partial charge >= 0.3 is 0 Å². The fourth-order valence-corrected chi connectivity index (χ4v) is 4.44. The summed E-state index contributed by atoms with van der Waals surface area (Å²) in [6.45, 7) is 4.52. The molecule has 0 radical (unpaired) electrons. The lowest BCUT2D eigenvalue weighted by Gasteiger charge is -2.25. The van der Waals surface area contributed by atoms with Gasteiger partial charge in [-0.15, -0.1) is 0 Å². The van der Waals surface area contributed by atoms with E-state index in [1.807, 2.05) is 42.5 Å². The van der Waals surface area contributed by atoms with Gasteiger partial charge in [0.05, 0.1) is 24.3 Å². The van der Waals surface area contributed by atoms with Gasteiger partial charge in [0, 0.05) is 24.7 Å². The van der Waals surface area contributed by atoms with Crippen molar-refractivity contribution in [1.29, 1.82) is 0 Å². The third kappa shape index (κ3) is 8.05. The van der Waals surface area contributed by atoms with Gasteiger partial charge in [0.1, 0.15) is 17.4 Å². The Morgan fingerprint density at radius 1 is 0.974 bits per heavy atom. The summed E-state index contributed by atoms with van der Waals surface area (Å²) in [6.07, 6.45) is -0.123. The van der Waals surface area contributed by atoms with Crippen LogP contribution in [0.15, 0.2) is 77.2 Å². The number of hydrogen-bond acceptors (Lipinski definition) is 5. The monoisotopic (exact) mass is 533 g/mol. The molecule has 1 amide bonds. The summed E-state index contributed by atoms with van der Waals surface area (Å²) in [4.78, 5) is 17.5. The maximum atomic E-state index is 13.8. The highest BCUT2D eigenvalue weighted by Gasteiger charge is 2.24. The molecule has 0 saturated carbocycles. The molecule has 1 heterocycles. The summed E-state index contributed by atoms with van der Waals surface area (Å²) in [5.41, 5.74) is 3.89. The number of rotatable bonds is 12. The highest BCUT2D eigenvalue weighted by Crippen LogP contribution is 2.22. The smallest absolute Gasteiger partial charge is 0.226 e. The summed E-state index contributed by atoms with van der Waals surface area (Å²) in [5.74, 6) is -0.888. The maximum absolute atomic E-state index is 13.8. The SMILES string of the molecule is CCc1cccc(CNC[C@@H](O)[C@H](Cc2cc(F)cc(F)c2)NC(=O)Cc2nc(-c3ccccc3)oc2C)c1. The molecule has 8 heteroatoms. The number of amides is 1. The quantitative estimate of drug-likeness (QED) is 0.241. The lowest BCUT2D eigenvalue weighted by atomic mass is 10.00. The molecule has 1 aromatic heterocycles. The van der Waals surface area contributed by atoms with Crippen LogP contribution in [0.3, 0.4) is 0 Å². The van der Waals surface area contributed by atoms with Crippen molar-refractivity contribution in [3.63, 3.8) is 0 Å². The second-order valence-electron chi connectivity index (χ2n) is 9.59. The summed E-state index contributed by atoms with van der Waals surface area (Å²) >= 11 is 0. The van der Waals surface area contributed by atoms with Gasteiger partial charge in [0.2, 0.25) is 11.8 Å². The first kappa shape index (κ1) is 28.1. The number of aromatic nitrogens is 1. The molecule has 0 saturated heterocycles. The van der Waals surface area contributed by atoms with E-state index >= 15 is 0 Å². The molecule has 0 unspecified atom stereocenters. The van der Waals surface area contributed by atoms with E-state index in [4.69, 9.17) is 4.42 Å². The van der Waals surface area contributed by atoms with Crippen LogP contribution in [-0.2, 0) is 30.6 Å². The van der Waals surface area contributed by atoms with Gasteiger partial charge in [0.25, 0.3) is 0 Å². The number of aliphatic hydroxyl groups excluding tert-OH is 1. The second-order valence-corrected chi connectivity index (χ2v) is 9.59.